The SMILES string of the molecule is CCOC(=O)C(C)CN1CCCN(C(C)(C)C)C1[SiH](c1ccccc1)c1ccccc1. The Balaban J connectivity index is 2.05. The van der Waals surface area contributed by atoms with Gasteiger partial charge in [-0.05, 0) is 34.1 Å². The summed E-state index contributed by atoms with van der Waals surface area (Å²) in [6.45, 7) is 14.1. The summed E-state index contributed by atoms with van der Waals surface area (Å²) >= 11 is 0. The molecule has 31 heavy (non-hydrogen) atoms. The van der Waals surface area contributed by atoms with Crippen LogP contribution >= 0.6 is 0 Å². The van der Waals surface area contributed by atoms with E-state index in [0.717, 1.165) is 26.1 Å². The number of rotatable bonds is 7. The fourth-order valence-corrected chi connectivity index (χ4v) is 8.79. The van der Waals surface area contributed by atoms with Gasteiger partial charge in [0, 0.05) is 25.2 Å². The van der Waals surface area contributed by atoms with E-state index < -0.39 is 8.80 Å². The molecule has 0 aliphatic carbocycles. The predicted molar refractivity (Wildman–Crippen MR) is 132 cm³/mol. The summed E-state index contributed by atoms with van der Waals surface area (Å²) in [5.74, 6) is 0.0748. The summed E-state index contributed by atoms with van der Waals surface area (Å²) in [7, 11) is -1.65. The average Bonchev–Trinajstić information content (AvgIpc) is 2.76. The molecule has 1 aliphatic rings. The number of carbonyl (C=O) groups excluding carboxylic acids is 1. The van der Waals surface area contributed by atoms with Gasteiger partial charge in [-0.2, -0.15) is 0 Å². The first-order chi connectivity index (χ1) is 14.8. The van der Waals surface area contributed by atoms with E-state index in [0.29, 0.717) is 12.4 Å². The second-order valence-corrected chi connectivity index (χ2v) is 12.5. The van der Waals surface area contributed by atoms with Gasteiger partial charge in [0.2, 0.25) is 0 Å². The third kappa shape index (κ3) is 5.85. The smallest absolute Gasteiger partial charge is 0.309 e. The topological polar surface area (TPSA) is 32.8 Å². The van der Waals surface area contributed by atoms with E-state index in [4.69, 9.17) is 4.74 Å². The number of esters is 1. The third-order valence-corrected chi connectivity index (χ3v) is 9.80. The first kappa shape index (κ1) is 23.7. The van der Waals surface area contributed by atoms with Crippen LogP contribution in [0.2, 0.25) is 0 Å². The summed E-state index contributed by atoms with van der Waals surface area (Å²) < 4.78 is 5.34. The summed E-state index contributed by atoms with van der Waals surface area (Å²) in [6.07, 6.45) is 1.12. The number of hydrogen-bond donors (Lipinski definition) is 0. The van der Waals surface area contributed by atoms with Crippen LogP contribution in [0.15, 0.2) is 60.7 Å². The molecule has 5 heteroatoms. The Morgan fingerprint density at radius 3 is 2.06 bits per heavy atom. The Morgan fingerprint density at radius 1 is 1.03 bits per heavy atom. The van der Waals surface area contributed by atoms with Gasteiger partial charge in [0.1, 0.15) is 8.80 Å². The van der Waals surface area contributed by atoms with Crippen LogP contribution in [0, 0.1) is 5.92 Å². The molecule has 0 aromatic heterocycles. The molecule has 3 rings (SSSR count). The van der Waals surface area contributed by atoms with Gasteiger partial charge in [-0.15, -0.1) is 0 Å². The number of ether oxygens (including phenoxy) is 1. The molecule has 0 N–H and O–H groups in total. The molecule has 0 amide bonds. The van der Waals surface area contributed by atoms with Gasteiger partial charge < -0.3 is 4.74 Å². The van der Waals surface area contributed by atoms with Gasteiger partial charge in [-0.1, -0.05) is 78.0 Å². The van der Waals surface area contributed by atoms with E-state index in [1.165, 1.54) is 10.4 Å². The zero-order chi connectivity index (χ0) is 22.4. The summed E-state index contributed by atoms with van der Waals surface area (Å²) in [5.41, 5.74) is 0.0469. The normalized spacial score (nSPS) is 19.4. The molecule has 1 fully saturated rings. The van der Waals surface area contributed by atoms with Crippen molar-refractivity contribution in [3.63, 3.8) is 0 Å². The summed E-state index contributed by atoms with van der Waals surface area (Å²) in [6, 6.07) is 22.0. The standard InChI is InChI=1S/C26H38N2O2Si/c1-6-30-24(29)21(2)20-27-18-13-19-28(26(3,4)5)25(27)31(22-14-9-7-10-15-22)23-16-11-8-12-17-23/h7-12,14-17,21,25,31H,6,13,18-20H2,1-5H3. The quantitative estimate of drug-likeness (QED) is 0.492. The molecule has 0 saturated carbocycles. The minimum Gasteiger partial charge on any atom is -0.466 e. The predicted octanol–water partition coefficient (Wildman–Crippen LogP) is 2.90. The zero-order valence-electron chi connectivity index (χ0n) is 19.8. The van der Waals surface area contributed by atoms with Crippen LogP contribution in [0.3, 0.4) is 0 Å². The van der Waals surface area contributed by atoms with Gasteiger partial charge in [0.05, 0.1) is 18.3 Å². The lowest BCUT2D eigenvalue weighted by molar-refractivity contribution is -0.148. The molecule has 168 valence electrons. The molecule has 0 radical (unpaired) electrons. The van der Waals surface area contributed by atoms with Crippen LogP contribution in [-0.2, 0) is 9.53 Å². The van der Waals surface area contributed by atoms with Crippen molar-refractivity contribution >= 4 is 25.1 Å². The lowest BCUT2D eigenvalue weighted by atomic mass is 10.0. The number of nitrogens with zero attached hydrogens (tertiary/aromatic N) is 2. The molecule has 0 bridgehead atoms. The van der Waals surface area contributed by atoms with Crippen molar-refractivity contribution in [1.29, 1.82) is 0 Å². The zero-order valence-corrected chi connectivity index (χ0v) is 20.9. The van der Waals surface area contributed by atoms with Gasteiger partial charge in [0.25, 0.3) is 0 Å². The van der Waals surface area contributed by atoms with Gasteiger partial charge in [-0.25, -0.2) is 0 Å². The third-order valence-electron chi connectivity index (χ3n) is 6.21. The molecule has 1 aliphatic heterocycles. The Bertz CT molecular complexity index is 783. The number of benzene rings is 2. The molecule has 1 saturated heterocycles. The molecule has 2 atom stereocenters. The van der Waals surface area contributed by atoms with Crippen molar-refractivity contribution in [2.45, 2.75) is 52.4 Å². The van der Waals surface area contributed by atoms with Crippen molar-refractivity contribution in [2.24, 2.45) is 5.92 Å². The molecule has 2 aromatic carbocycles. The Kier molecular flexibility index (Phi) is 8.09. The molecule has 2 aromatic rings. The first-order valence-corrected chi connectivity index (χ1v) is 13.4. The number of carbonyl (C=O) groups is 1. The summed E-state index contributed by atoms with van der Waals surface area (Å²) in [5, 5.41) is 2.90. The lowest BCUT2D eigenvalue weighted by Gasteiger charge is -2.53. The van der Waals surface area contributed by atoms with E-state index in [9.17, 15) is 4.79 Å². The highest BCUT2D eigenvalue weighted by atomic mass is 28.3. The Morgan fingerprint density at radius 2 is 1.58 bits per heavy atom. The minimum absolute atomic E-state index is 0.0469. The van der Waals surface area contributed by atoms with Crippen LogP contribution in [0.4, 0.5) is 0 Å². The molecule has 1 heterocycles. The number of hydrogen-bond acceptors (Lipinski definition) is 4. The lowest BCUT2D eigenvalue weighted by Crippen LogP contribution is -2.71. The minimum atomic E-state index is -1.65. The van der Waals surface area contributed by atoms with E-state index >= 15 is 0 Å². The van der Waals surface area contributed by atoms with Gasteiger partial charge >= 0.3 is 5.97 Å². The van der Waals surface area contributed by atoms with Crippen molar-refractivity contribution in [3.8, 4) is 0 Å². The highest BCUT2D eigenvalue weighted by molar-refractivity contribution is 6.86. The van der Waals surface area contributed by atoms with Crippen molar-refractivity contribution in [3.05, 3.63) is 60.7 Å². The van der Waals surface area contributed by atoms with E-state index in [1.807, 2.05) is 13.8 Å². The molecule has 2 unspecified atom stereocenters. The van der Waals surface area contributed by atoms with Gasteiger partial charge in [-0.3, -0.25) is 14.6 Å². The Hall–Kier alpha value is -1.95. The van der Waals surface area contributed by atoms with Crippen LogP contribution in [0.1, 0.15) is 41.0 Å². The van der Waals surface area contributed by atoms with E-state index in [1.54, 1.807) is 0 Å². The second-order valence-electron chi connectivity index (χ2n) is 9.58. The maximum absolute atomic E-state index is 12.5. The maximum atomic E-state index is 12.5. The molecular weight excluding hydrogens is 400 g/mol. The molecular formula is C26H38N2O2Si. The van der Waals surface area contributed by atoms with Crippen LogP contribution in [0.25, 0.3) is 0 Å². The molecule has 4 nitrogen and oxygen atoms in total. The van der Waals surface area contributed by atoms with E-state index in [2.05, 4.69) is 91.2 Å². The van der Waals surface area contributed by atoms with Crippen molar-refractivity contribution in [2.75, 3.05) is 26.2 Å². The highest BCUT2D eigenvalue weighted by Crippen LogP contribution is 2.27. The fraction of sp³-hybridized carbons (Fsp3) is 0.500. The monoisotopic (exact) mass is 438 g/mol. The second kappa shape index (κ2) is 10.6. The summed E-state index contributed by atoms with van der Waals surface area (Å²) in [4.78, 5) is 17.7. The largest absolute Gasteiger partial charge is 0.466 e. The van der Waals surface area contributed by atoms with E-state index in [-0.39, 0.29) is 17.4 Å². The Labute approximate surface area is 189 Å². The first-order valence-electron chi connectivity index (χ1n) is 11.6. The van der Waals surface area contributed by atoms with Gasteiger partial charge in [0.15, 0.2) is 0 Å². The fourth-order valence-electron chi connectivity index (χ4n) is 4.80. The average molecular weight is 439 g/mol. The molecule has 0 spiro atoms. The van der Waals surface area contributed by atoms with Crippen LogP contribution in [-0.4, -0.2) is 62.1 Å². The highest BCUT2D eigenvalue weighted by Gasteiger charge is 2.43. The maximum Gasteiger partial charge on any atom is 0.309 e. The van der Waals surface area contributed by atoms with Crippen LogP contribution in [0.5, 0.6) is 0 Å². The van der Waals surface area contributed by atoms with Crippen LogP contribution < -0.4 is 10.4 Å². The van der Waals surface area contributed by atoms with Crippen molar-refractivity contribution in [1.82, 2.24) is 9.80 Å². The van der Waals surface area contributed by atoms with Crippen molar-refractivity contribution < 1.29 is 9.53 Å².